The van der Waals surface area contributed by atoms with Gasteiger partial charge >= 0.3 is 0 Å². The first-order valence-corrected chi connectivity index (χ1v) is 6.11. The van der Waals surface area contributed by atoms with Crippen molar-refractivity contribution in [3.8, 4) is 0 Å². The maximum atomic E-state index is 5.53. The largest absolute Gasteiger partial charge is 0.448 e. The summed E-state index contributed by atoms with van der Waals surface area (Å²) in [6, 6.07) is 0. The Kier molecular flexibility index (Phi) is 4.54. The highest BCUT2D eigenvalue weighted by atomic mass is 16.3. The third-order valence-electron chi connectivity index (χ3n) is 2.98. The lowest BCUT2D eigenvalue weighted by atomic mass is 9.86. The van der Waals surface area contributed by atoms with Crippen molar-refractivity contribution >= 4 is 0 Å². The van der Waals surface area contributed by atoms with Crippen LogP contribution < -0.4 is 5.32 Å². The summed E-state index contributed by atoms with van der Waals surface area (Å²) >= 11 is 0. The van der Waals surface area contributed by atoms with Crippen molar-refractivity contribution in [3.05, 3.63) is 17.8 Å². The molecule has 1 heterocycles. The van der Waals surface area contributed by atoms with Crippen LogP contribution in [0.5, 0.6) is 0 Å². The lowest BCUT2D eigenvalue weighted by Gasteiger charge is -2.20. The summed E-state index contributed by atoms with van der Waals surface area (Å²) in [4.78, 5) is 4.30. The summed E-state index contributed by atoms with van der Waals surface area (Å²) in [5, 5.41) is 3.40. The van der Waals surface area contributed by atoms with Gasteiger partial charge in [0.2, 0.25) is 0 Å². The molecule has 0 saturated carbocycles. The fourth-order valence-corrected chi connectivity index (χ4v) is 1.59. The van der Waals surface area contributed by atoms with Crippen molar-refractivity contribution in [2.45, 2.75) is 53.0 Å². The lowest BCUT2D eigenvalue weighted by Crippen LogP contribution is -2.23. The number of hydrogen-bond acceptors (Lipinski definition) is 3. The predicted molar refractivity (Wildman–Crippen MR) is 66.4 cm³/mol. The Labute approximate surface area is 98.6 Å². The molecule has 0 aromatic carbocycles. The van der Waals surface area contributed by atoms with Crippen LogP contribution in [0.4, 0.5) is 0 Å². The van der Waals surface area contributed by atoms with E-state index in [1.165, 1.54) is 0 Å². The molecule has 1 aromatic heterocycles. The minimum atomic E-state index is 0.0747. The van der Waals surface area contributed by atoms with Crippen molar-refractivity contribution in [2.24, 2.45) is 5.92 Å². The summed E-state index contributed by atoms with van der Waals surface area (Å²) in [7, 11) is 0. The molecule has 0 aliphatic rings. The minimum Gasteiger partial charge on any atom is -0.448 e. The molecule has 1 N–H and O–H groups in total. The van der Waals surface area contributed by atoms with Gasteiger partial charge in [0.1, 0.15) is 5.76 Å². The molecule has 0 spiro atoms. The average molecular weight is 224 g/mol. The number of nitrogens with zero attached hydrogens (tertiary/aromatic N) is 1. The lowest BCUT2D eigenvalue weighted by molar-refractivity contribution is 0.368. The van der Waals surface area contributed by atoms with E-state index in [0.29, 0.717) is 5.92 Å². The van der Waals surface area contributed by atoms with Gasteiger partial charge in [0.25, 0.3) is 0 Å². The molecule has 0 unspecified atom stereocenters. The quantitative estimate of drug-likeness (QED) is 0.807. The molecule has 1 aromatic rings. The SMILES string of the molecule is CCC(C)(C)c1ocnc1CNCC(C)C. The molecule has 3 heteroatoms. The second-order valence-electron chi connectivity index (χ2n) is 5.39. The van der Waals surface area contributed by atoms with E-state index in [1.54, 1.807) is 6.39 Å². The van der Waals surface area contributed by atoms with Gasteiger partial charge in [0.15, 0.2) is 6.39 Å². The zero-order chi connectivity index (χ0) is 12.2. The van der Waals surface area contributed by atoms with Crippen LogP contribution in [0, 0.1) is 5.92 Å². The van der Waals surface area contributed by atoms with Crippen molar-refractivity contribution in [1.82, 2.24) is 10.3 Å². The molecule has 0 aliphatic carbocycles. The fraction of sp³-hybridized carbons (Fsp3) is 0.769. The third-order valence-corrected chi connectivity index (χ3v) is 2.98. The first-order chi connectivity index (χ1) is 7.47. The molecule has 0 saturated heterocycles. The molecule has 0 bridgehead atoms. The molecule has 92 valence electrons. The van der Waals surface area contributed by atoms with Gasteiger partial charge in [0, 0.05) is 12.0 Å². The Morgan fingerprint density at radius 1 is 1.44 bits per heavy atom. The summed E-state index contributed by atoms with van der Waals surface area (Å²) in [5.74, 6) is 1.68. The molecular formula is C13H24N2O. The van der Waals surface area contributed by atoms with Gasteiger partial charge in [-0.25, -0.2) is 4.98 Å². The van der Waals surface area contributed by atoms with E-state index in [2.05, 4.69) is 44.9 Å². The van der Waals surface area contributed by atoms with Crippen molar-refractivity contribution in [1.29, 1.82) is 0 Å². The van der Waals surface area contributed by atoms with Crippen LogP contribution in [0.3, 0.4) is 0 Å². The maximum absolute atomic E-state index is 5.53. The second kappa shape index (κ2) is 5.48. The van der Waals surface area contributed by atoms with Gasteiger partial charge in [-0.15, -0.1) is 0 Å². The van der Waals surface area contributed by atoms with Crippen LogP contribution in [-0.4, -0.2) is 11.5 Å². The molecule has 16 heavy (non-hydrogen) atoms. The summed E-state index contributed by atoms with van der Waals surface area (Å²) < 4.78 is 5.53. The van der Waals surface area contributed by atoms with E-state index in [4.69, 9.17) is 4.42 Å². The van der Waals surface area contributed by atoms with Gasteiger partial charge in [0.05, 0.1) is 5.69 Å². The predicted octanol–water partition coefficient (Wildman–Crippen LogP) is 3.11. The standard InChI is InChI=1S/C13H24N2O/c1-6-13(4,5)12-11(15-9-16-12)8-14-7-10(2)3/h9-10,14H,6-8H2,1-5H3. The van der Waals surface area contributed by atoms with E-state index in [0.717, 1.165) is 31.0 Å². The fourth-order valence-electron chi connectivity index (χ4n) is 1.59. The zero-order valence-corrected chi connectivity index (χ0v) is 11.1. The smallest absolute Gasteiger partial charge is 0.181 e. The topological polar surface area (TPSA) is 38.1 Å². The van der Waals surface area contributed by atoms with E-state index >= 15 is 0 Å². The maximum Gasteiger partial charge on any atom is 0.181 e. The Hall–Kier alpha value is -0.830. The average Bonchev–Trinajstić information content (AvgIpc) is 2.66. The van der Waals surface area contributed by atoms with Crippen LogP contribution in [-0.2, 0) is 12.0 Å². The van der Waals surface area contributed by atoms with Crippen molar-refractivity contribution in [2.75, 3.05) is 6.54 Å². The number of aromatic nitrogens is 1. The van der Waals surface area contributed by atoms with E-state index in [-0.39, 0.29) is 5.41 Å². The van der Waals surface area contributed by atoms with Gasteiger partial charge in [-0.05, 0) is 18.9 Å². The van der Waals surface area contributed by atoms with Crippen LogP contribution in [0.25, 0.3) is 0 Å². The third kappa shape index (κ3) is 3.34. The molecule has 0 fully saturated rings. The zero-order valence-electron chi connectivity index (χ0n) is 11.1. The van der Waals surface area contributed by atoms with Gasteiger partial charge in [-0.3, -0.25) is 0 Å². The van der Waals surface area contributed by atoms with E-state index in [9.17, 15) is 0 Å². The van der Waals surface area contributed by atoms with Crippen molar-refractivity contribution < 1.29 is 4.42 Å². The van der Waals surface area contributed by atoms with Gasteiger partial charge in [-0.2, -0.15) is 0 Å². The monoisotopic (exact) mass is 224 g/mol. The highest BCUT2D eigenvalue weighted by Crippen LogP contribution is 2.28. The number of nitrogens with one attached hydrogen (secondary N) is 1. The van der Waals surface area contributed by atoms with Crippen LogP contribution >= 0.6 is 0 Å². The Balaban J connectivity index is 2.64. The minimum absolute atomic E-state index is 0.0747. The molecule has 0 aliphatic heterocycles. The molecule has 0 radical (unpaired) electrons. The molecule has 0 amide bonds. The van der Waals surface area contributed by atoms with Gasteiger partial charge in [-0.1, -0.05) is 34.6 Å². The Morgan fingerprint density at radius 2 is 2.12 bits per heavy atom. The Bertz CT molecular complexity index is 315. The number of oxazole rings is 1. The highest BCUT2D eigenvalue weighted by Gasteiger charge is 2.25. The van der Waals surface area contributed by atoms with E-state index < -0.39 is 0 Å². The summed E-state index contributed by atoms with van der Waals surface area (Å²) in [6.07, 6.45) is 2.61. The summed E-state index contributed by atoms with van der Waals surface area (Å²) in [6.45, 7) is 12.8. The molecule has 0 atom stereocenters. The second-order valence-corrected chi connectivity index (χ2v) is 5.39. The first kappa shape index (κ1) is 13.2. The first-order valence-electron chi connectivity index (χ1n) is 6.11. The van der Waals surface area contributed by atoms with Crippen LogP contribution in [0.1, 0.15) is 52.5 Å². The summed E-state index contributed by atoms with van der Waals surface area (Å²) in [5.41, 5.74) is 1.12. The molecule has 1 rings (SSSR count). The normalized spacial score (nSPS) is 12.4. The van der Waals surface area contributed by atoms with Gasteiger partial charge < -0.3 is 9.73 Å². The highest BCUT2D eigenvalue weighted by molar-refractivity contribution is 5.16. The molecule has 3 nitrogen and oxygen atoms in total. The van der Waals surface area contributed by atoms with Crippen LogP contribution in [0.15, 0.2) is 10.8 Å². The number of hydrogen-bond donors (Lipinski definition) is 1. The number of rotatable bonds is 6. The van der Waals surface area contributed by atoms with Crippen LogP contribution in [0.2, 0.25) is 0 Å². The molecular weight excluding hydrogens is 200 g/mol. The Morgan fingerprint density at radius 3 is 2.69 bits per heavy atom. The van der Waals surface area contributed by atoms with E-state index in [1.807, 2.05) is 0 Å². The van der Waals surface area contributed by atoms with Crippen molar-refractivity contribution in [3.63, 3.8) is 0 Å².